The fourth-order valence-electron chi connectivity index (χ4n) is 1.17. The number of benzene rings is 1. The summed E-state index contributed by atoms with van der Waals surface area (Å²) in [6, 6.07) is 3.38. The molecule has 0 unspecified atom stereocenters. The maximum absolute atomic E-state index is 11.2. The summed E-state index contributed by atoms with van der Waals surface area (Å²) in [4.78, 5) is 31.7. The number of para-hydroxylation sites is 1. The van der Waals surface area contributed by atoms with E-state index < -0.39 is 33.6 Å². The lowest BCUT2D eigenvalue weighted by atomic mass is 10.1. The van der Waals surface area contributed by atoms with Crippen LogP contribution in [0.15, 0.2) is 18.2 Å². The summed E-state index contributed by atoms with van der Waals surface area (Å²) >= 11 is 0. The van der Waals surface area contributed by atoms with Crippen molar-refractivity contribution in [2.45, 2.75) is 0 Å². The van der Waals surface area contributed by atoms with E-state index in [4.69, 9.17) is 10.9 Å². The molecule has 0 spiro atoms. The topological polar surface area (TPSA) is 136 Å². The first kappa shape index (κ1) is 11.6. The standard InChI is InChI=1S/C8H7N3O5/c9-10-7(12)4-2-1-3-5(8(13)14)6(4)11(15)16/h1-3H,9H2,(H,10,12)(H,13,14). The third-order valence-electron chi connectivity index (χ3n) is 1.82. The minimum atomic E-state index is -1.49. The molecule has 0 aliphatic heterocycles. The number of hydrazine groups is 1. The van der Waals surface area contributed by atoms with Gasteiger partial charge in [-0.2, -0.15) is 0 Å². The van der Waals surface area contributed by atoms with Crippen LogP contribution in [0.1, 0.15) is 20.7 Å². The fraction of sp³-hybridized carbons (Fsp3) is 0. The van der Waals surface area contributed by atoms with Gasteiger partial charge in [-0.25, -0.2) is 10.6 Å². The smallest absolute Gasteiger partial charge is 0.342 e. The molecule has 4 N–H and O–H groups in total. The van der Waals surface area contributed by atoms with Crippen LogP contribution in [-0.4, -0.2) is 21.9 Å². The van der Waals surface area contributed by atoms with Crippen LogP contribution < -0.4 is 11.3 Å². The summed E-state index contributed by atoms with van der Waals surface area (Å²) in [5, 5.41) is 19.4. The summed E-state index contributed by atoms with van der Waals surface area (Å²) < 4.78 is 0. The van der Waals surface area contributed by atoms with E-state index in [9.17, 15) is 19.7 Å². The average Bonchev–Trinajstić information content (AvgIpc) is 2.26. The first-order valence-electron chi connectivity index (χ1n) is 4.00. The van der Waals surface area contributed by atoms with Crippen LogP contribution in [0.3, 0.4) is 0 Å². The van der Waals surface area contributed by atoms with E-state index in [2.05, 4.69) is 0 Å². The number of aromatic carboxylic acids is 1. The second-order valence-electron chi connectivity index (χ2n) is 2.74. The average molecular weight is 225 g/mol. The molecule has 0 atom stereocenters. The third kappa shape index (κ3) is 1.96. The predicted octanol–water partition coefficient (Wildman–Crippen LogP) is -0.104. The number of nitrogens with one attached hydrogen (secondary N) is 1. The molecule has 84 valence electrons. The van der Waals surface area contributed by atoms with E-state index in [0.29, 0.717) is 0 Å². The highest BCUT2D eigenvalue weighted by molar-refractivity contribution is 6.03. The van der Waals surface area contributed by atoms with E-state index in [0.717, 1.165) is 12.1 Å². The molecular weight excluding hydrogens is 218 g/mol. The van der Waals surface area contributed by atoms with Gasteiger partial charge >= 0.3 is 5.97 Å². The summed E-state index contributed by atoms with van der Waals surface area (Å²) in [6.07, 6.45) is 0. The van der Waals surface area contributed by atoms with Gasteiger partial charge in [0.05, 0.1) is 4.92 Å². The number of carbonyl (C=O) groups excluding carboxylic acids is 1. The quantitative estimate of drug-likeness (QED) is 0.284. The normalized spacial score (nSPS) is 9.56. The number of carbonyl (C=O) groups is 2. The Morgan fingerprint density at radius 3 is 2.38 bits per heavy atom. The number of hydrogen-bond acceptors (Lipinski definition) is 5. The van der Waals surface area contributed by atoms with E-state index in [1.807, 2.05) is 0 Å². The maximum Gasteiger partial charge on any atom is 0.342 e. The summed E-state index contributed by atoms with van der Waals surface area (Å²) in [5.41, 5.74) is -0.0330. The highest BCUT2D eigenvalue weighted by Crippen LogP contribution is 2.23. The molecule has 8 nitrogen and oxygen atoms in total. The van der Waals surface area contributed by atoms with Gasteiger partial charge in [0.2, 0.25) is 0 Å². The minimum absolute atomic E-state index is 0.396. The Hall–Kier alpha value is -2.48. The lowest BCUT2D eigenvalue weighted by Gasteiger charge is -2.03. The van der Waals surface area contributed by atoms with Crippen molar-refractivity contribution >= 4 is 17.6 Å². The Labute approximate surface area is 88.8 Å². The maximum atomic E-state index is 11.2. The second-order valence-corrected chi connectivity index (χ2v) is 2.74. The lowest BCUT2D eigenvalue weighted by molar-refractivity contribution is -0.385. The Morgan fingerprint density at radius 1 is 1.38 bits per heavy atom. The van der Waals surface area contributed by atoms with Crippen LogP contribution in [0, 0.1) is 10.1 Å². The summed E-state index contributed by atoms with van der Waals surface area (Å²) in [5.74, 6) is 2.42. The van der Waals surface area contributed by atoms with E-state index in [1.165, 1.54) is 6.07 Å². The van der Waals surface area contributed by atoms with Crippen molar-refractivity contribution < 1.29 is 19.6 Å². The molecule has 1 aromatic carbocycles. The number of hydrogen-bond donors (Lipinski definition) is 3. The molecule has 0 aromatic heterocycles. The zero-order chi connectivity index (χ0) is 12.3. The SMILES string of the molecule is NNC(=O)c1cccc(C(=O)O)c1[N+](=O)[O-]. The summed E-state index contributed by atoms with van der Waals surface area (Å²) in [7, 11) is 0. The van der Waals surface area contributed by atoms with Crippen molar-refractivity contribution in [3.63, 3.8) is 0 Å². The molecule has 8 heteroatoms. The molecule has 1 rings (SSSR count). The van der Waals surface area contributed by atoms with Gasteiger partial charge in [0.15, 0.2) is 0 Å². The lowest BCUT2D eigenvalue weighted by Crippen LogP contribution is -2.30. The van der Waals surface area contributed by atoms with Crippen LogP contribution in [0.4, 0.5) is 5.69 Å². The van der Waals surface area contributed by atoms with Gasteiger partial charge in [-0.3, -0.25) is 20.3 Å². The predicted molar refractivity (Wildman–Crippen MR) is 51.7 cm³/mol. The van der Waals surface area contributed by atoms with Crippen molar-refractivity contribution in [3.8, 4) is 0 Å². The number of nitrogen functional groups attached to an aromatic ring is 1. The van der Waals surface area contributed by atoms with Crippen LogP contribution in [0.5, 0.6) is 0 Å². The van der Waals surface area contributed by atoms with Crippen molar-refractivity contribution in [1.29, 1.82) is 0 Å². The highest BCUT2D eigenvalue weighted by Gasteiger charge is 2.27. The fourth-order valence-corrected chi connectivity index (χ4v) is 1.17. The Balaban J connectivity index is 3.51. The first-order valence-corrected chi connectivity index (χ1v) is 4.00. The molecule has 0 saturated heterocycles. The van der Waals surface area contributed by atoms with Crippen LogP contribution >= 0.6 is 0 Å². The molecular formula is C8H7N3O5. The van der Waals surface area contributed by atoms with Crippen LogP contribution in [-0.2, 0) is 0 Å². The Bertz CT molecular complexity index is 471. The van der Waals surface area contributed by atoms with Gasteiger partial charge in [-0.15, -0.1) is 0 Å². The third-order valence-corrected chi connectivity index (χ3v) is 1.82. The second kappa shape index (κ2) is 4.36. The molecule has 0 fully saturated rings. The number of nitro benzene ring substituents is 1. The zero-order valence-corrected chi connectivity index (χ0v) is 7.84. The number of nitro groups is 1. The minimum Gasteiger partial charge on any atom is -0.477 e. The largest absolute Gasteiger partial charge is 0.477 e. The monoisotopic (exact) mass is 225 g/mol. The van der Waals surface area contributed by atoms with Gasteiger partial charge in [0.25, 0.3) is 11.6 Å². The van der Waals surface area contributed by atoms with Gasteiger partial charge in [-0.05, 0) is 12.1 Å². The highest BCUT2D eigenvalue weighted by atomic mass is 16.6. The van der Waals surface area contributed by atoms with Crippen molar-refractivity contribution in [3.05, 3.63) is 39.4 Å². The number of carboxylic acids is 1. The zero-order valence-electron chi connectivity index (χ0n) is 7.84. The van der Waals surface area contributed by atoms with Gasteiger partial charge in [-0.1, -0.05) is 6.07 Å². The summed E-state index contributed by atoms with van der Waals surface area (Å²) in [6.45, 7) is 0. The Morgan fingerprint density at radius 2 is 1.94 bits per heavy atom. The van der Waals surface area contributed by atoms with Crippen molar-refractivity contribution in [2.75, 3.05) is 0 Å². The number of nitrogens with two attached hydrogens (primary N) is 1. The van der Waals surface area contributed by atoms with Crippen molar-refractivity contribution in [1.82, 2.24) is 5.43 Å². The molecule has 0 bridgehead atoms. The number of amides is 1. The molecule has 1 amide bonds. The molecule has 16 heavy (non-hydrogen) atoms. The number of carboxylic acid groups (broad SMARTS) is 1. The first-order chi connectivity index (χ1) is 7.49. The molecule has 1 aromatic rings. The van der Waals surface area contributed by atoms with Gasteiger partial charge in [0, 0.05) is 0 Å². The van der Waals surface area contributed by atoms with E-state index in [1.54, 1.807) is 5.43 Å². The number of nitrogens with zero attached hydrogens (tertiary/aromatic N) is 1. The molecule has 0 aliphatic carbocycles. The van der Waals surface area contributed by atoms with E-state index in [-0.39, 0.29) is 0 Å². The van der Waals surface area contributed by atoms with Crippen LogP contribution in [0.2, 0.25) is 0 Å². The van der Waals surface area contributed by atoms with Gasteiger partial charge < -0.3 is 5.11 Å². The van der Waals surface area contributed by atoms with Crippen LogP contribution in [0.25, 0.3) is 0 Å². The van der Waals surface area contributed by atoms with E-state index >= 15 is 0 Å². The molecule has 0 saturated carbocycles. The van der Waals surface area contributed by atoms with Crippen molar-refractivity contribution in [2.24, 2.45) is 5.84 Å². The Kier molecular flexibility index (Phi) is 3.16. The van der Waals surface area contributed by atoms with Gasteiger partial charge in [0.1, 0.15) is 11.1 Å². The molecule has 0 heterocycles. The molecule has 0 aliphatic rings. The molecule has 0 radical (unpaired) electrons. The number of rotatable bonds is 3.